The zero-order chi connectivity index (χ0) is 19.8. The van der Waals surface area contributed by atoms with Crippen molar-refractivity contribution in [1.82, 2.24) is 9.62 Å². The van der Waals surface area contributed by atoms with Gasteiger partial charge in [-0.25, -0.2) is 13.1 Å². The number of carbonyl (C=O) groups excluding carboxylic acids is 1. The molecule has 1 aliphatic rings. The van der Waals surface area contributed by atoms with Gasteiger partial charge in [0, 0.05) is 24.6 Å². The maximum atomic E-state index is 12.7. The number of nitrogens with zero attached hydrogens (tertiary/aromatic N) is 1. The molecule has 1 aliphatic carbocycles. The van der Waals surface area contributed by atoms with Crippen molar-refractivity contribution in [1.29, 1.82) is 0 Å². The number of nitrogens with one attached hydrogen (secondary N) is 1. The van der Waals surface area contributed by atoms with E-state index in [0.29, 0.717) is 23.9 Å². The van der Waals surface area contributed by atoms with Gasteiger partial charge in [-0.15, -0.1) is 0 Å². The van der Waals surface area contributed by atoms with Crippen LogP contribution < -0.4 is 4.72 Å². The minimum atomic E-state index is -3.64. The Morgan fingerprint density at radius 2 is 2.00 bits per heavy atom. The molecular formula is C20H26N2O4S. The van der Waals surface area contributed by atoms with E-state index in [1.165, 1.54) is 17.0 Å². The van der Waals surface area contributed by atoms with Gasteiger partial charge in [-0.1, -0.05) is 13.0 Å². The van der Waals surface area contributed by atoms with Crippen LogP contribution in [0.1, 0.15) is 55.0 Å². The first-order valence-electron chi connectivity index (χ1n) is 9.14. The number of benzene rings is 1. The highest BCUT2D eigenvalue weighted by atomic mass is 32.2. The van der Waals surface area contributed by atoms with E-state index in [1.807, 2.05) is 12.1 Å². The van der Waals surface area contributed by atoms with Crippen LogP contribution in [-0.4, -0.2) is 32.3 Å². The Hall–Kier alpha value is -2.12. The molecule has 0 spiro atoms. The highest BCUT2D eigenvalue weighted by Crippen LogP contribution is 2.47. The lowest BCUT2D eigenvalue weighted by Gasteiger charge is -2.17. The fourth-order valence-electron chi connectivity index (χ4n) is 3.10. The Morgan fingerprint density at radius 1 is 1.30 bits per heavy atom. The van der Waals surface area contributed by atoms with Crippen molar-refractivity contribution in [2.75, 3.05) is 7.05 Å². The van der Waals surface area contributed by atoms with Gasteiger partial charge in [0.1, 0.15) is 11.5 Å². The Kier molecular flexibility index (Phi) is 5.44. The molecule has 1 heterocycles. The molecule has 3 rings (SSSR count). The summed E-state index contributed by atoms with van der Waals surface area (Å²) in [4.78, 5) is 14.3. The van der Waals surface area contributed by atoms with Crippen molar-refractivity contribution in [3.05, 3.63) is 53.5 Å². The molecule has 2 aromatic rings. The van der Waals surface area contributed by atoms with Crippen molar-refractivity contribution in [2.45, 2.75) is 50.6 Å². The SMILES string of the molecule is CC(C)NS(=O)(=O)c1cccc(C(=O)N(C)Cc2ccc(C3CC3C)o2)c1. The molecule has 1 saturated carbocycles. The summed E-state index contributed by atoms with van der Waals surface area (Å²) in [6.07, 6.45) is 1.15. The zero-order valence-electron chi connectivity index (χ0n) is 16.1. The van der Waals surface area contributed by atoms with Gasteiger partial charge in [-0.2, -0.15) is 0 Å². The molecular weight excluding hydrogens is 364 g/mol. The Balaban J connectivity index is 1.71. The fraction of sp³-hybridized carbons (Fsp3) is 0.450. The monoisotopic (exact) mass is 390 g/mol. The van der Waals surface area contributed by atoms with Crippen LogP contribution in [0, 0.1) is 5.92 Å². The van der Waals surface area contributed by atoms with Crippen LogP contribution in [0.25, 0.3) is 0 Å². The van der Waals surface area contributed by atoms with E-state index in [4.69, 9.17) is 4.42 Å². The minimum Gasteiger partial charge on any atom is -0.464 e. The Labute approximate surface area is 160 Å². The lowest BCUT2D eigenvalue weighted by atomic mass is 10.2. The van der Waals surface area contributed by atoms with E-state index < -0.39 is 10.0 Å². The Morgan fingerprint density at radius 3 is 2.63 bits per heavy atom. The second-order valence-corrected chi connectivity index (χ2v) is 9.30. The van der Waals surface area contributed by atoms with Crippen molar-refractivity contribution >= 4 is 15.9 Å². The molecule has 1 fully saturated rings. The summed E-state index contributed by atoms with van der Waals surface area (Å²) in [5.41, 5.74) is 0.326. The largest absolute Gasteiger partial charge is 0.464 e. The third kappa shape index (κ3) is 4.59. The highest BCUT2D eigenvalue weighted by Gasteiger charge is 2.36. The first-order valence-corrected chi connectivity index (χ1v) is 10.6. The molecule has 7 heteroatoms. The normalized spacial score (nSPS) is 19.3. The third-order valence-electron chi connectivity index (χ3n) is 4.68. The molecule has 1 aromatic heterocycles. The van der Waals surface area contributed by atoms with Gasteiger partial charge in [0.2, 0.25) is 10.0 Å². The predicted octanol–water partition coefficient (Wildman–Crippen LogP) is 3.36. The Bertz CT molecular complexity index is 933. The van der Waals surface area contributed by atoms with Crippen LogP contribution in [0.2, 0.25) is 0 Å². The number of rotatable bonds is 7. The quantitative estimate of drug-likeness (QED) is 0.786. The lowest BCUT2D eigenvalue weighted by Crippen LogP contribution is -2.31. The summed E-state index contributed by atoms with van der Waals surface area (Å²) < 4.78 is 33.0. The van der Waals surface area contributed by atoms with Gasteiger partial charge in [0.25, 0.3) is 5.91 Å². The smallest absolute Gasteiger partial charge is 0.254 e. The van der Waals surface area contributed by atoms with Crippen LogP contribution in [0.15, 0.2) is 45.7 Å². The summed E-state index contributed by atoms with van der Waals surface area (Å²) in [5, 5.41) is 0. The fourth-order valence-corrected chi connectivity index (χ4v) is 4.39. The van der Waals surface area contributed by atoms with Gasteiger partial charge in [-0.3, -0.25) is 4.79 Å². The molecule has 0 saturated heterocycles. The van der Waals surface area contributed by atoms with Crippen LogP contribution in [0.4, 0.5) is 0 Å². The highest BCUT2D eigenvalue weighted by molar-refractivity contribution is 7.89. The van der Waals surface area contributed by atoms with Gasteiger partial charge < -0.3 is 9.32 Å². The van der Waals surface area contributed by atoms with Gasteiger partial charge in [0.05, 0.1) is 11.4 Å². The van der Waals surface area contributed by atoms with Gasteiger partial charge in [0.15, 0.2) is 0 Å². The van der Waals surface area contributed by atoms with Crippen molar-refractivity contribution < 1.29 is 17.6 Å². The summed E-state index contributed by atoms with van der Waals surface area (Å²) in [5.74, 6) is 2.60. The average Bonchev–Trinajstić information content (AvgIpc) is 3.14. The average molecular weight is 391 g/mol. The number of hydrogen-bond donors (Lipinski definition) is 1. The molecule has 0 bridgehead atoms. The number of furan rings is 1. The summed E-state index contributed by atoms with van der Waals surface area (Å²) in [6, 6.07) is 9.74. The maximum Gasteiger partial charge on any atom is 0.254 e. The van der Waals surface area contributed by atoms with Gasteiger partial charge in [-0.05, 0) is 56.5 Å². The van der Waals surface area contributed by atoms with Crippen molar-refractivity contribution in [3.63, 3.8) is 0 Å². The molecule has 6 nitrogen and oxygen atoms in total. The number of hydrogen-bond acceptors (Lipinski definition) is 4. The van der Waals surface area contributed by atoms with E-state index in [2.05, 4.69) is 11.6 Å². The topological polar surface area (TPSA) is 79.6 Å². The molecule has 1 amide bonds. The van der Waals surface area contributed by atoms with Crippen LogP contribution >= 0.6 is 0 Å². The van der Waals surface area contributed by atoms with E-state index in [0.717, 1.165) is 17.9 Å². The van der Waals surface area contributed by atoms with E-state index in [1.54, 1.807) is 33.0 Å². The third-order valence-corrected chi connectivity index (χ3v) is 6.34. The van der Waals surface area contributed by atoms with E-state index in [-0.39, 0.29) is 16.8 Å². The van der Waals surface area contributed by atoms with Crippen LogP contribution in [0.3, 0.4) is 0 Å². The molecule has 0 radical (unpaired) electrons. The molecule has 27 heavy (non-hydrogen) atoms. The van der Waals surface area contributed by atoms with E-state index >= 15 is 0 Å². The number of carbonyl (C=O) groups is 1. The maximum absolute atomic E-state index is 12.7. The minimum absolute atomic E-state index is 0.0819. The first kappa shape index (κ1) is 19.6. The number of amides is 1. The summed E-state index contributed by atoms with van der Waals surface area (Å²) >= 11 is 0. The second kappa shape index (κ2) is 7.48. The predicted molar refractivity (Wildman–Crippen MR) is 103 cm³/mol. The van der Waals surface area contributed by atoms with Crippen molar-refractivity contribution in [3.8, 4) is 0 Å². The molecule has 0 aliphatic heterocycles. The second-order valence-electron chi connectivity index (χ2n) is 7.59. The lowest BCUT2D eigenvalue weighted by molar-refractivity contribution is 0.0774. The first-order chi connectivity index (χ1) is 12.7. The standard InChI is InChI=1S/C20H26N2O4S/c1-13(2)21-27(24,25)17-7-5-6-15(11-17)20(23)22(4)12-16-8-9-19(26-16)18-10-14(18)3/h5-9,11,13-14,18,21H,10,12H2,1-4H3. The number of sulfonamides is 1. The van der Waals surface area contributed by atoms with Gasteiger partial charge >= 0.3 is 0 Å². The summed E-state index contributed by atoms with van der Waals surface area (Å²) in [6.45, 7) is 6.03. The molecule has 2 unspecified atom stereocenters. The molecule has 1 N–H and O–H groups in total. The van der Waals surface area contributed by atoms with E-state index in [9.17, 15) is 13.2 Å². The van der Waals surface area contributed by atoms with Crippen molar-refractivity contribution in [2.24, 2.45) is 5.92 Å². The van der Waals surface area contributed by atoms with Crippen LogP contribution in [0.5, 0.6) is 0 Å². The summed E-state index contributed by atoms with van der Waals surface area (Å²) in [7, 11) is -1.97. The van der Waals surface area contributed by atoms with Crippen LogP contribution in [-0.2, 0) is 16.6 Å². The molecule has 146 valence electrons. The molecule has 1 aromatic carbocycles. The zero-order valence-corrected chi connectivity index (χ0v) is 16.9. The molecule has 2 atom stereocenters.